The van der Waals surface area contributed by atoms with Crippen LogP contribution in [-0.2, 0) is 4.74 Å². The zero-order valence-electron chi connectivity index (χ0n) is 19.6. The van der Waals surface area contributed by atoms with Gasteiger partial charge in [-0.1, -0.05) is 23.7 Å². The summed E-state index contributed by atoms with van der Waals surface area (Å²) in [6.45, 7) is 4.21. The maximum Gasteiger partial charge on any atom is 0.272 e. The van der Waals surface area contributed by atoms with Gasteiger partial charge in [-0.05, 0) is 37.5 Å². The first-order valence-corrected chi connectivity index (χ1v) is 12.0. The third-order valence-corrected chi connectivity index (χ3v) is 5.99. The molecule has 10 nitrogen and oxygen atoms in total. The van der Waals surface area contributed by atoms with Crippen LogP contribution in [0.3, 0.4) is 0 Å². The summed E-state index contributed by atoms with van der Waals surface area (Å²) < 4.78 is 7.13. The third kappa shape index (κ3) is 6.76. The molecule has 1 aliphatic heterocycles. The fraction of sp³-hybridized carbons (Fsp3) is 0.417. The van der Waals surface area contributed by atoms with Gasteiger partial charge in [0.2, 0.25) is 5.95 Å². The second kappa shape index (κ2) is 12.1. The molecule has 1 saturated heterocycles. The van der Waals surface area contributed by atoms with Crippen LogP contribution < -0.4 is 16.0 Å². The predicted octanol–water partition coefficient (Wildman–Crippen LogP) is 2.27. The number of carbonyl (C=O) groups is 1. The van der Waals surface area contributed by atoms with Gasteiger partial charge in [0.15, 0.2) is 0 Å². The minimum atomic E-state index is -0.353. The van der Waals surface area contributed by atoms with E-state index in [-0.39, 0.29) is 30.3 Å². The van der Waals surface area contributed by atoms with Crippen LogP contribution in [0.5, 0.6) is 0 Å². The summed E-state index contributed by atoms with van der Waals surface area (Å²) >= 11 is 6.15. The Morgan fingerprint density at radius 1 is 1.31 bits per heavy atom. The van der Waals surface area contributed by atoms with Crippen molar-refractivity contribution in [1.82, 2.24) is 30.2 Å². The Labute approximate surface area is 209 Å². The molecule has 0 aliphatic carbocycles. The number of aryl methyl sites for hydroxylation is 1. The van der Waals surface area contributed by atoms with E-state index in [1.165, 1.54) is 0 Å². The number of anilines is 1. The van der Waals surface area contributed by atoms with E-state index in [0.717, 1.165) is 37.2 Å². The van der Waals surface area contributed by atoms with Crippen molar-refractivity contribution < 1.29 is 14.6 Å². The number of hydrogen-bond acceptors (Lipinski definition) is 8. The predicted molar refractivity (Wildman–Crippen MR) is 133 cm³/mol. The molecule has 3 aromatic rings. The first-order valence-electron chi connectivity index (χ1n) is 11.6. The number of nitrogens with zero attached hydrogens (tertiary/aromatic N) is 4. The lowest BCUT2D eigenvalue weighted by molar-refractivity contribution is 0.0903. The molecule has 11 heteroatoms. The van der Waals surface area contributed by atoms with Gasteiger partial charge >= 0.3 is 0 Å². The van der Waals surface area contributed by atoms with Crippen molar-refractivity contribution in [1.29, 1.82) is 0 Å². The van der Waals surface area contributed by atoms with Crippen LogP contribution in [-0.4, -0.2) is 69.5 Å². The molecule has 0 spiro atoms. The van der Waals surface area contributed by atoms with Gasteiger partial charge in [0.25, 0.3) is 5.91 Å². The highest BCUT2D eigenvalue weighted by Crippen LogP contribution is 2.19. The standard InChI is InChI=1S/C24H30ClN7O3/c1-16-12-27-24(29-19-5-9-35-10-6-19)31-22(16)32-14-21(28-15-32)23(34)30-20(13-26-7-8-33)17-3-2-4-18(25)11-17/h2-4,11-12,14-15,19-20,26,33H,5-10,13H2,1H3,(H,30,34)(H,27,29,31). The molecule has 3 heterocycles. The zero-order valence-corrected chi connectivity index (χ0v) is 20.3. The van der Waals surface area contributed by atoms with Crippen molar-refractivity contribution in [3.05, 3.63) is 64.8 Å². The average molecular weight is 500 g/mol. The number of nitrogens with one attached hydrogen (secondary N) is 3. The molecule has 4 rings (SSSR count). The van der Waals surface area contributed by atoms with Crippen LogP contribution in [0.25, 0.3) is 5.82 Å². The molecule has 4 N–H and O–H groups in total. The van der Waals surface area contributed by atoms with Gasteiger partial charge in [-0.2, -0.15) is 4.98 Å². The van der Waals surface area contributed by atoms with Crippen molar-refractivity contribution in [3.8, 4) is 5.82 Å². The number of aromatic nitrogens is 4. The van der Waals surface area contributed by atoms with Gasteiger partial charge in [-0.15, -0.1) is 0 Å². The van der Waals surface area contributed by atoms with E-state index in [4.69, 9.17) is 21.4 Å². The van der Waals surface area contributed by atoms with E-state index in [2.05, 4.69) is 30.9 Å². The highest BCUT2D eigenvalue weighted by molar-refractivity contribution is 6.30. The first kappa shape index (κ1) is 25.1. The van der Waals surface area contributed by atoms with E-state index in [0.29, 0.717) is 29.9 Å². The molecule has 35 heavy (non-hydrogen) atoms. The highest BCUT2D eigenvalue weighted by atomic mass is 35.5. The van der Waals surface area contributed by atoms with Crippen LogP contribution in [0.15, 0.2) is 43.0 Å². The first-order chi connectivity index (χ1) is 17.0. The second-order valence-corrected chi connectivity index (χ2v) is 8.84. The fourth-order valence-corrected chi connectivity index (χ4v) is 4.08. The molecular weight excluding hydrogens is 470 g/mol. The second-order valence-electron chi connectivity index (χ2n) is 8.41. The van der Waals surface area contributed by atoms with Gasteiger partial charge in [-0.25, -0.2) is 9.97 Å². The molecule has 1 unspecified atom stereocenters. The van der Waals surface area contributed by atoms with Crippen LogP contribution in [0.4, 0.5) is 5.95 Å². The minimum Gasteiger partial charge on any atom is -0.395 e. The number of amides is 1. The van der Waals surface area contributed by atoms with Crippen LogP contribution in [0.2, 0.25) is 5.02 Å². The van der Waals surface area contributed by atoms with Crippen molar-refractivity contribution in [3.63, 3.8) is 0 Å². The number of carbonyl (C=O) groups excluding carboxylic acids is 1. The Bertz CT molecular complexity index is 1130. The maximum atomic E-state index is 13.1. The summed E-state index contributed by atoms with van der Waals surface area (Å²) in [5, 5.41) is 19.2. The number of aliphatic hydroxyl groups excluding tert-OH is 1. The Hall–Kier alpha value is -3.05. The van der Waals surface area contributed by atoms with Gasteiger partial charge in [0.1, 0.15) is 17.8 Å². The summed E-state index contributed by atoms with van der Waals surface area (Å²) in [5.74, 6) is 0.858. The normalized spacial score (nSPS) is 15.1. The fourth-order valence-electron chi connectivity index (χ4n) is 3.88. The Morgan fingerprint density at radius 2 is 2.14 bits per heavy atom. The molecule has 0 radical (unpaired) electrons. The molecule has 1 atom stereocenters. The Kier molecular flexibility index (Phi) is 8.64. The van der Waals surface area contributed by atoms with Crippen LogP contribution in [0, 0.1) is 6.92 Å². The van der Waals surface area contributed by atoms with Crippen molar-refractivity contribution in [2.24, 2.45) is 0 Å². The number of halogens is 1. The molecule has 2 aromatic heterocycles. The summed E-state index contributed by atoms with van der Waals surface area (Å²) in [4.78, 5) is 26.4. The van der Waals surface area contributed by atoms with Crippen molar-refractivity contribution >= 4 is 23.5 Å². The SMILES string of the molecule is Cc1cnc(NC2CCOCC2)nc1-n1cnc(C(=O)NC(CNCCO)c2cccc(Cl)c2)c1. The molecule has 1 fully saturated rings. The Morgan fingerprint density at radius 3 is 2.91 bits per heavy atom. The highest BCUT2D eigenvalue weighted by Gasteiger charge is 2.19. The van der Waals surface area contributed by atoms with Crippen molar-refractivity contribution in [2.75, 3.05) is 38.2 Å². The summed E-state index contributed by atoms with van der Waals surface area (Å²) in [6.07, 6.45) is 6.79. The van der Waals surface area contributed by atoms with Gasteiger partial charge in [0.05, 0.1) is 12.6 Å². The molecule has 0 saturated carbocycles. The van der Waals surface area contributed by atoms with E-state index >= 15 is 0 Å². The summed E-state index contributed by atoms with van der Waals surface area (Å²) in [5.41, 5.74) is 1.97. The van der Waals surface area contributed by atoms with E-state index in [1.807, 2.05) is 25.1 Å². The zero-order chi connectivity index (χ0) is 24.6. The largest absolute Gasteiger partial charge is 0.395 e. The number of aliphatic hydroxyl groups is 1. The van der Waals surface area contributed by atoms with Crippen molar-refractivity contribution in [2.45, 2.75) is 31.8 Å². The lowest BCUT2D eigenvalue weighted by atomic mass is 10.1. The topological polar surface area (TPSA) is 126 Å². The third-order valence-electron chi connectivity index (χ3n) is 5.75. The lowest BCUT2D eigenvalue weighted by Gasteiger charge is -2.23. The number of ether oxygens (including phenoxy) is 1. The molecule has 186 valence electrons. The quantitative estimate of drug-likeness (QED) is 0.313. The van der Waals surface area contributed by atoms with Crippen LogP contribution in [0.1, 0.15) is 40.5 Å². The molecule has 1 amide bonds. The number of benzene rings is 1. The van der Waals surface area contributed by atoms with Gasteiger partial charge in [0, 0.05) is 55.3 Å². The number of hydrogen-bond donors (Lipinski definition) is 4. The maximum absolute atomic E-state index is 13.1. The van der Waals surface area contributed by atoms with Crippen LogP contribution >= 0.6 is 11.6 Å². The Balaban J connectivity index is 1.48. The minimum absolute atomic E-state index is 0.00424. The summed E-state index contributed by atoms with van der Waals surface area (Å²) in [6, 6.07) is 7.24. The number of imidazole rings is 1. The van der Waals surface area contributed by atoms with E-state index in [9.17, 15) is 4.79 Å². The molecular formula is C24H30ClN7O3. The molecule has 1 aromatic carbocycles. The average Bonchev–Trinajstić information content (AvgIpc) is 3.36. The van der Waals surface area contributed by atoms with Gasteiger partial charge < -0.3 is 25.8 Å². The molecule has 1 aliphatic rings. The molecule has 0 bridgehead atoms. The van der Waals surface area contributed by atoms with Gasteiger partial charge in [-0.3, -0.25) is 9.36 Å². The smallest absolute Gasteiger partial charge is 0.272 e. The number of rotatable bonds is 10. The van der Waals surface area contributed by atoms with E-state index in [1.54, 1.807) is 29.4 Å². The summed E-state index contributed by atoms with van der Waals surface area (Å²) in [7, 11) is 0. The monoisotopic (exact) mass is 499 g/mol. The lowest BCUT2D eigenvalue weighted by Crippen LogP contribution is -2.36. The van der Waals surface area contributed by atoms with E-state index < -0.39 is 0 Å².